The zero-order valence-electron chi connectivity index (χ0n) is 17.6. The topological polar surface area (TPSA) is 67.6 Å². The lowest BCUT2D eigenvalue weighted by Gasteiger charge is -2.35. The molecule has 0 spiro atoms. The number of halogens is 2. The van der Waals surface area contributed by atoms with Crippen LogP contribution in [0.25, 0.3) is 0 Å². The van der Waals surface area contributed by atoms with Crippen molar-refractivity contribution in [3.05, 3.63) is 17.0 Å². The normalized spacial score (nSPS) is 25.0. The van der Waals surface area contributed by atoms with Crippen LogP contribution < -0.4 is 0 Å². The summed E-state index contributed by atoms with van der Waals surface area (Å²) in [4.78, 5) is 14.1. The van der Waals surface area contributed by atoms with Crippen molar-refractivity contribution in [3.8, 4) is 0 Å². The molecule has 0 unspecified atom stereocenters. The molecule has 0 saturated heterocycles. The average molecular weight is 399 g/mol. The Morgan fingerprint density at radius 1 is 1.29 bits per heavy atom. The van der Waals surface area contributed by atoms with Crippen molar-refractivity contribution in [1.82, 2.24) is 14.7 Å². The second kappa shape index (κ2) is 6.68. The highest BCUT2D eigenvalue weighted by molar-refractivity contribution is 5.69. The molecular weight excluding hydrogens is 368 g/mol. The Morgan fingerprint density at radius 2 is 1.93 bits per heavy atom. The molecule has 0 saturated carbocycles. The molecule has 2 aliphatic rings. The van der Waals surface area contributed by atoms with E-state index in [4.69, 9.17) is 4.74 Å². The summed E-state index contributed by atoms with van der Waals surface area (Å²) >= 11 is 0. The van der Waals surface area contributed by atoms with Crippen molar-refractivity contribution in [2.75, 3.05) is 0 Å². The number of aliphatic hydroxyl groups is 1. The van der Waals surface area contributed by atoms with Gasteiger partial charge in [0.15, 0.2) is 0 Å². The summed E-state index contributed by atoms with van der Waals surface area (Å²) in [5, 5.41) is 14.9. The Kier molecular flexibility index (Phi) is 5.01. The summed E-state index contributed by atoms with van der Waals surface area (Å²) in [6.45, 7) is 10.8. The molecule has 0 aromatic carbocycles. The SMILES string of the molecule is C[C@@H]1Cc2nn3c(c2CN1C(=O)OC(C)(C)C)C(F)(F)CC[C@@H](C(C)(C)O)C3. The van der Waals surface area contributed by atoms with E-state index in [1.807, 2.05) is 6.92 Å². The van der Waals surface area contributed by atoms with Crippen molar-refractivity contribution in [2.24, 2.45) is 5.92 Å². The Morgan fingerprint density at radius 3 is 2.50 bits per heavy atom. The molecule has 158 valence electrons. The van der Waals surface area contributed by atoms with Gasteiger partial charge < -0.3 is 14.7 Å². The first-order chi connectivity index (χ1) is 12.7. The number of alkyl halides is 2. The molecule has 1 aromatic rings. The van der Waals surface area contributed by atoms with Crippen LogP contribution >= 0.6 is 0 Å². The zero-order chi connectivity index (χ0) is 21.1. The van der Waals surface area contributed by atoms with Gasteiger partial charge in [0.05, 0.1) is 17.8 Å². The minimum Gasteiger partial charge on any atom is -0.444 e. The van der Waals surface area contributed by atoms with Crippen LogP contribution in [0.2, 0.25) is 0 Å². The van der Waals surface area contributed by atoms with E-state index in [2.05, 4.69) is 5.10 Å². The predicted octanol–water partition coefficient (Wildman–Crippen LogP) is 3.84. The first-order valence-corrected chi connectivity index (χ1v) is 9.88. The molecule has 0 fully saturated rings. The number of fused-ring (bicyclic) bond motifs is 3. The summed E-state index contributed by atoms with van der Waals surface area (Å²) < 4.78 is 36.9. The van der Waals surface area contributed by atoms with E-state index >= 15 is 8.78 Å². The first kappa shape index (κ1) is 21.0. The minimum absolute atomic E-state index is 0.0590. The number of carbonyl (C=O) groups is 1. The molecule has 1 N–H and O–H groups in total. The summed E-state index contributed by atoms with van der Waals surface area (Å²) in [6.07, 6.45) is -0.239. The van der Waals surface area contributed by atoms with Gasteiger partial charge in [0.1, 0.15) is 11.3 Å². The van der Waals surface area contributed by atoms with Crippen LogP contribution in [-0.2, 0) is 30.2 Å². The smallest absolute Gasteiger partial charge is 0.410 e. The molecule has 1 amide bonds. The van der Waals surface area contributed by atoms with Gasteiger partial charge in [0, 0.05) is 36.9 Å². The Bertz CT molecular complexity index is 762. The zero-order valence-corrected chi connectivity index (χ0v) is 17.6. The summed E-state index contributed by atoms with van der Waals surface area (Å²) in [7, 11) is 0. The van der Waals surface area contributed by atoms with Crippen molar-refractivity contribution in [1.29, 1.82) is 0 Å². The fraction of sp³-hybridized carbons (Fsp3) is 0.800. The van der Waals surface area contributed by atoms with Crippen LogP contribution in [-0.4, -0.2) is 43.1 Å². The van der Waals surface area contributed by atoms with Crippen LogP contribution in [0.5, 0.6) is 0 Å². The Balaban J connectivity index is 1.97. The van der Waals surface area contributed by atoms with E-state index < -0.39 is 23.2 Å². The second-order valence-electron chi connectivity index (χ2n) is 9.71. The van der Waals surface area contributed by atoms with Gasteiger partial charge in [-0.3, -0.25) is 4.68 Å². The second-order valence-corrected chi connectivity index (χ2v) is 9.71. The highest BCUT2D eigenvalue weighted by atomic mass is 19.3. The largest absolute Gasteiger partial charge is 0.444 e. The molecule has 3 heterocycles. The minimum atomic E-state index is -3.05. The number of ether oxygens (including phenoxy) is 1. The molecule has 28 heavy (non-hydrogen) atoms. The number of nitrogens with zero attached hydrogens (tertiary/aromatic N) is 3. The van der Waals surface area contributed by atoms with Crippen LogP contribution in [0.3, 0.4) is 0 Å². The fourth-order valence-corrected chi connectivity index (χ4v) is 4.05. The van der Waals surface area contributed by atoms with Crippen LogP contribution in [0.1, 0.15) is 71.3 Å². The monoisotopic (exact) mass is 399 g/mol. The van der Waals surface area contributed by atoms with E-state index in [-0.39, 0.29) is 43.6 Å². The van der Waals surface area contributed by atoms with Gasteiger partial charge in [-0.05, 0) is 48.0 Å². The molecule has 1 aromatic heterocycles. The Labute approximate surface area is 164 Å². The number of amides is 1. The molecule has 0 bridgehead atoms. The molecule has 6 nitrogen and oxygen atoms in total. The molecule has 3 rings (SSSR count). The maximum atomic E-state index is 15.1. The van der Waals surface area contributed by atoms with E-state index in [0.29, 0.717) is 17.7 Å². The van der Waals surface area contributed by atoms with Gasteiger partial charge in [0.25, 0.3) is 5.92 Å². The van der Waals surface area contributed by atoms with Crippen molar-refractivity contribution in [2.45, 2.75) is 97.1 Å². The third-order valence-corrected chi connectivity index (χ3v) is 5.66. The molecule has 2 aliphatic heterocycles. The summed E-state index contributed by atoms with van der Waals surface area (Å²) in [6, 6.07) is -0.194. The molecular formula is C20H31F2N3O3. The maximum Gasteiger partial charge on any atom is 0.410 e. The van der Waals surface area contributed by atoms with Gasteiger partial charge in [-0.15, -0.1) is 0 Å². The van der Waals surface area contributed by atoms with Crippen LogP contribution in [0.4, 0.5) is 13.6 Å². The van der Waals surface area contributed by atoms with E-state index in [1.54, 1.807) is 34.6 Å². The first-order valence-electron chi connectivity index (χ1n) is 9.88. The van der Waals surface area contributed by atoms with Gasteiger partial charge in [0.2, 0.25) is 0 Å². The summed E-state index contributed by atoms with van der Waals surface area (Å²) in [5.74, 6) is -3.37. The lowest BCUT2D eigenvalue weighted by atomic mass is 9.86. The van der Waals surface area contributed by atoms with E-state index in [0.717, 1.165) is 0 Å². The van der Waals surface area contributed by atoms with Crippen LogP contribution in [0.15, 0.2) is 0 Å². The van der Waals surface area contributed by atoms with E-state index in [9.17, 15) is 9.90 Å². The number of hydrogen-bond acceptors (Lipinski definition) is 4. The van der Waals surface area contributed by atoms with E-state index in [1.165, 1.54) is 9.58 Å². The number of carbonyl (C=O) groups excluding carboxylic acids is 1. The summed E-state index contributed by atoms with van der Waals surface area (Å²) in [5.41, 5.74) is -0.810. The van der Waals surface area contributed by atoms with Crippen molar-refractivity contribution in [3.63, 3.8) is 0 Å². The maximum absolute atomic E-state index is 15.1. The third kappa shape index (κ3) is 4.02. The lowest BCUT2D eigenvalue weighted by Crippen LogP contribution is -2.45. The molecule has 0 aliphatic carbocycles. The third-order valence-electron chi connectivity index (χ3n) is 5.66. The van der Waals surface area contributed by atoms with Gasteiger partial charge in [-0.25, -0.2) is 4.79 Å². The van der Waals surface area contributed by atoms with Gasteiger partial charge in [-0.1, -0.05) is 0 Å². The number of aromatic nitrogens is 2. The van der Waals surface area contributed by atoms with Crippen molar-refractivity contribution < 1.29 is 23.4 Å². The quantitative estimate of drug-likeness (QED) is 0.779. The standard InChI is InChI=1S/C20H31F2N3O3/c1-12-9-15-14(11-24(12)17(26)28-18(2,3)4)16-20(21,22)8-7-13(19(5,6)27)10-25(16)23-15/h12-13,27H,7-11H2,1-6H3/t12-,13-/m1/s1. The number of hydrogen-bond donors (Lipinski definition) is 1. The average Bonchev–Trinajstić information content (AvgIpc) is 2.78. The van der Waals surface area contributed by atoms with Crippen LogP contribution in [0, 0.1) is 5.92 Å². The number of rotatable bonds is 1. The molecule has 2 atom stereocenters. The van der Waals surface area contributed by atoms with Crippen molar-refractivity contribution >= 4 is 6.09 Å². The van der Waals surface area contributed by atoms with Gasteiger partial charge in [-0.2, -0.15) is 13.9 Å². The Hall–Kier alpha value is -1.70. The fourth-order valence-electron chi connectivity index (χ4n) is 4.05. The van der Waals surface area contributed by atoms with Gasteiger partial charge >= 0.3 is 6.09 Å². The predicted molar refractivity (Wildman–Crippen MR) is 100 cm³/mol. The lowest BCUT2D eigenvalue weighted by molar-refractivity contribution is -0.0342. The highest BCUT2D eigenvalue weighted by Crippen LogP contribution is 2.44. The molecule has 0 radical (unpaired) electrons. The highest BCUT2D eigenvalue weighted by Gasteiger charge is 2.46. The molecule has 8 heteroatoms.